The minimum absolute atomic E-state index is 0.0230. The van der Waals surface area contributed by atoms with Crippen molar-refractivity contribution in [2.75, 3.05) is 11.2 Å². The number of hydrogen-bond acceptors (Lipinski definition) is 7. The summed E-state index contributed by atoms with van der Waals surface area (Å²) in [4.78, 5) is 20.7. The van der Waals surface area contributed by atoms with Gasteiger partial charge in [0.1, 0.15) is 5.69 Å². The standard InChI is InChI=1S/C22H16N4O3S2/c27-21(28)18-6-3-5-15(23-18)13-8-9-20-14(12-13)16(10-11-31(20)29)25-26-22-24-17-4-1-2-7-19(17)30-22/h1-9,12H,10-11H2,(H,24,26)(H,27,28). The number of aromatic carboxylic acids is 1. The number of nitrogens with one attached hydrogen (secondary N) is 1. The molecule has 2 aromatic heterocycles. The predicted molar refractivity (Wildman–Crippen MR) is 122 cm³/mol. The van der Waals surface area contributed by atoms with Crippen LogP contribution in [0.3, 0.4) is 0 Å². The third-order valence-electron chi connectivity index (χ3n) is 4.90. The van der Waals surface area contributed by atoms with Crippen molar-refractivity contribution in [2.24, 2.45) is 5.10 Å². The van der Waals surface area contributed by atoms with E-state index in [0.717, 1.165) is 27.1 Å². The number of fused-ring (bicyclic) bond motifs is 2. The molecule has 0 aliphatic carbocycles. The van der Waals surface area contributed by atoms with Gasteiger partial charge in [-0.25, -0.2) is 14.8 Å². The first-order chi connectivity index (χ1) is 15.1. The molecule has 0 spiro atoms. The molecule has 1 aliphatic rings. The van der Waals surface area contributed by atoms with Gasteiger partial charge in [-0.15, -0.1) is 0 Å². The minimum Gasteiger partial charge on any atom is -0.477 e. The van der Waals surface area contributed by atoms with Crippen LogP contribution in [0, 0.1) is 0 Å². The second-order valence-corrected chi connectivity index (χ2v) is 9.45. The number of nitrogens with zero attached hydrogens (tertiary/aromatic N) is 3. The second-order valence-electron chi connectivity index (χ2n) is 6.88. The van der Waals surface area contributed by atoms with E-state index in [4.69, 9.17) is 0 Å². The number of pyridine rings is 1. The maximum absolute atomic E-state index is 12.5. The van der Waals surface area contributed by atoms with E-state index in [-0.39, 0.29) is 5.69 Å². The van der Waals surface area contributed by atoms with Crippen molar-refractivity contribution in [3.63, 3.8) is 0 Å². The van der Waals surface area contributed by atoms with E-state index in [0.29, 0.717) is 27.9 Å². The lowest BCUT2D eigenvalue weighted by molar-refractivity contribution is 0.0690. The van der Waals surface area contributed by atoms with Crippen molar-refractivity contribution < 1.29 is 14.1 Å². The number of carbonyl (C=O) groups is 1. The Bertz CT molecular complexity index is 1350. The topological polar surface area (TPSA) is 105 Å². The Labute approximate surface area is 184 Å². The Hall–Kier alpha value is -3.43. The number of carboxylic acid groups (broad SMARTS) is 1. The number of hydrazone groups is 1. The highest BCUT2D eigenvalue weighted by Gasteiger charge is 2.22. The van der Waals surface area contributed by atoms with Crippen LogP contribution in [0.1, 0.15) is 22.5 Å². The van der Waals surface area contributed by atoms with Crippen molar-refractivity contribution in [2.45, 2.75) is 11.3 Å². The molecule has 2 N–H and O–H groups in total. The monoisotopic (exact) mass is 448 g/mol. The Morgan fingerprint density at radius 3 is 2.81 bits per heavy atom. The summed E-state index contributed by atoms with van der Waals surface area (Å²) < 4.78 is 13.6. The molecule has 154 valence electrons. The fourth-order valence-electron chi connectivity index (χ4n) is 3.41. The lowest BCUT2D eigenvalue weighted by Crippen LogP contribution is -2.19. The van der Waals surface area contributed by atoms with Crippen LogP contribution in [-0.2, 0) is 10.8 Å². The molecule has 0 amide bonds. The molecule has 7 nitrogen and oxygen atoms in total. The van der Waals surface area contributed by atoms with Crippen LogP contribution in [-0.4, -0.2) is 36.7 Å². The molecule has 1 aliphatic heterocycles. The number of hydrogen-bond donors (Lipinski definition) is 2. The zero-order chi connectivity index (χ0) is 21.4. The number of para-hydroxylation sites is 1. The molecule has 3 heterocycles. The van der Waals surface area contributed by atoms with Gasteiger partial charge < -0.3 is 5.11 Å². The molecule has 2 aromatic carbocycles. The van der Waals surface area contributed by atoms with Gasteiger partial charge >= 0.3 is 5.97 Å². The Morgan fingerprint density at radius 1 is 1.10 bits per heavy atom. The zero-order valence-electron chi connectivity index (χ0n) is 16.1. The minimum atomic E-state index is -1.11. The van der Waals surface area contributed by atoms with Crippen molar-refractivity contribution in [3.05, 3.63) is 71.9 Å². The van der Waals surface area contributed by atoms with E-state index >= 15 is 0 Å². The summed E-state index contributed by atoms with van der Waals surface area (Å²) in [6.45, 7) is 0. The molecule has 0 bridgehead atoms. The summed E-state index contributed by atoms with van der Waals surface area (Å²) in [5.41, 5.74) is 6.77. The van der Waals surface area contributed by atoms with Crippen LogP contribution in [0.15, 0.2) is 70.7 Å². The first kappa shape index (κ1) is 19.5. The number of aromatic nitrogens is 2. The molecule has 9 heteroatoms. The molecule has 0 fully saturated rings. The van der Waals surface area contributed by atoms with Crippen LogP contribution in [0.5, 0.6) is 0 Å². The Kier molecular flexibility index (Phi) is 5.05. The molecule has 4 aromatic rings. The smallest absolute Gasteiger partial charge is 0.354 e. The van der Waals surface area contributed by atoms with Gasteiger partial charge in [-0.3, -0.25) is 9.63 Å². The number of carboxylic acids is 1. The highest BCUT2D eigenvalue weighted by atomic mass is 32.2. The molecular weight excluding hydrogens is 432 g/mol. The largest absolute Gasteiger partial charge is 0.477 e. The summed E-state index contributed by atoms with van der Waals surface area (Å²) in [5, 5.41) is 14.5. The van der Waals surface area contributed by atoms with Gasteiger partial charge in [-0.2, -0.15) is 5.10 Å². The molecule has 5 rings (SSSR count). The first-order valence-corrected chi connectivity index (χ1v) is 11.6. The number of thiazole rings is 1. The van der Waals surface area contributed by atoms with Gasteiger partial charge in [0.2, 0.25) is 5.13 Å². The summed E-state index contributed by atoms with van der Waals surface area (Å²) in [6.07, 6.45) is 0.559. The fourth-order valence-corrected chi connectivity index (χ4v) is 5.46. The fraction of sp³-hybridized carbons (Fsp3) is 0.0909. The van der Waals surface area contributed by atoms with Crippen LogP contribution >= 0.6 is 11.3 Å². The third kappa shape index (κ3) is 3.85. The van der Waals surface area contributed by atoms with Crippen molar-refractivity contribution in [1.82, 2.24) is 9.97 Å². The number of benzene rings is 2. The maximum atomic E-state index is 12.5. The average Bonchev–Trinajstić information content (AvgIpc) is 3.21. The van der Waals surface area contributed by atoms with Crippen LogP contribution in [0.2, 0.25) is 0 Å². The van der Waals surface area contributed by atoms with Crippen molar-refractivity contribution >= 4 is 49.2 Å². The summed E-state index contributed by atoms with van der Waals surface area (Å²) >= 11 is 1.52. The average molecular weight is 449 g/mol. The van der Waals surface area contributed by atoms with Crippen LogP contribution in [0.4, 0.5) is 5.13 Å². The lowest BCUT2D eigenvalue weighted by atomic mass is 10.0. The van der Waals surface area contributed by atoms with Gasteiger partial charge in [-0.1, -0.05) is 35.6 Å². The molecule has 0 saturated carbocycles. The number of anilines is 1. The first-order valence-electron chi connectivity index (χ1n) is 9.50. The van der Waals surface area contributed by atoms with E-state index in [9.17, 15) is 14.1 Å². The second kappa shape index (κ2) is 8.01. The summed E-state index contributed by atoms with van der Waals surface area (Å²) in [7, 11) is -1.11. The highest BCUT2D eigenvalue weighted by Crippen LogP contribution is 2.29. The third-order valence-corrected chi connectivity index (χ3v) is 7.27. The normalized spacial score (nSPS) is 16.9. The van der Waals surface area contributed by atoms with Gasteiger partial charge in [0.15, 0.2) is 0 Å². The molecule has 1 atom stereocenters. The molecule has 0 saturated heterocycles. The van der Waals surface area contributed by atoms with Gasteiger partial charge in [0, 0.05) is 28.2 Å². The van der Waals surface area contributed by atoms with Crippen molar-refractivity contribution in [1.29, 1.82) is 0 Å². The number of rotatable bonds is 4. The molecule has 1 unspecified atom stereocenters. The zero-order valence-corrected chi connectivity index (χ0v) is 17.7. The van der Waals surface area contributed by atoms with E-state index in [2.05, 4.69) is 20.5 Å². The maximum Gasteiger partial charge on any atom is 0.354 e. The SMILES string of the molecule is O=C(O)c1cccc(-c2ccc3c(c2)C(=NNc2nc4ccccc4s2)CCS3=O)n1. The van der Waals surface area contributed by atoms with Gasteiger partial charge in [0.25, 0.3) is 0 Å². The van der Waals surface area contributed by atoms with Gasteiger partial charge in [0.05, 0.1) is 32.4 Å². The molecular formula is C22H16N4O3S2. The van der Waals surface area contributed by atoms with E-state index in [1.807, 2.05) is 42.5 Å². The quantitative estimate of drug-likeness (QED) is 0.449. The van der Waals surface area contributed by atoms with E-state index in [1.165, 1.54) is 17.4 Å². The summed E-state index contributed by atoms with van der Waals surface area (Å²) in [5.74, 6) is -0.581. The summed E-state index contributed by atoms with van der Waals surface area (Å²) in [6, 6.07) is 18.2. The lowest BCUT2D eigenvalue weighted by Gasteiger charge is -2.18. The van der Waals surface area contributed by atoms with E-state index in [1.54, 1.807) is 12.1 Å². The Morgan fingerprint density at radius 2 is 1.97 bits per heavy atom. The van der Waals surface area contributed by atoms with Crippen molar-refractivity contribution in [3.8, 4) is 11.3 Å². The molecule has 0 radical (unpaired) electrons. The Balaban J connectivity index is 1.51. The highest BCUT2D eigenvalue weighted by molar-refractivity contribution is 7.85. The van der Waals surface area contributed by atoms with Crippen LogP contribution < -0.4 is 5.43 Å². The molecule has 31 heavy (non-hydrogen) atoms. The van der Waals surface area contributed by atoms with Gasteiger partial charge in [-0.05, 0) is 36.4 Å². The van der Waals surface area contributed by atoms with E-state index < -0.39 is 16.8 Å². The predicted octanol–water partition coefficient (Wildman–Crippen LogP) is 4.38. The van der Waals surface area contributed by atoms with Crippen LogP contribution in [0.25, 0.3) is 21.5 Å².